The monoisotopic (exact) mass is 221 g/mol. The van der Waals surface area contributed by atoms with Gasteiger partial charge in [-0.05, 0) is 4.92 Å². The molecule has 0 fully saturated rings. The van der Waals surface area contributed by atoms with E-state index in [0.29, 0.717) is 23.2 Å². The van der Waals surface area contributed by atoms with Crippen LogP contribution in [0.15, 0.2) is 12.3 Å². The number of aromatic amines is 1. The number of aldehydes is 1. The van der Waals surface area contributed by atoms with Crippen molar-refractivity contribution in [3.63, 3.8) is 0 Å². The van der Waals surface area contributed by atoms with E-state index in [1.165, 1.54) is 16.9 Å². The predicted molar refractivity (Wildman–Crippen MR) is 52.8 cm³/mol. The molecule has 0 aliphatic carbocycles. The third-order valence-corrected chi connectivity index (χ3v) is 2.11. The highest BCUT2D eigenvalue weighted by Crippen LogP contribution is 2.23. The van der Waals surface area contributed by atoms with E-state index < -0.39 is 4.92 Å². The third kappa shape index (κ3) is 1.45. The first kappa shape index (κ1) is 10.0. The Bertz CT molecular complexity index is 556. The van der Waals surface area contributed by atoms with Crippen LogP contribution in [0, 0.1) is 10.1 Å². The van der Waals surface area contributed by atoms with Gasteiger partial charge in [-0.3, -0.25) is 9.89 Å². The zero-order valence-corrected chi connectivity index (χ0v) is 8.25. The molecule has 0 spiro atoms. The molecule has 2 aromatic heterocycles. The summed E-state index contributed by atoms with van der Waals surface area (Å²) < 4.78 is 1.32. The Kier molecular flexibility index (Phi) is 2.24. The summed E-state index contributed by atoms with van der Waals surface area (Å²) in [5.74, 6) is -0.274. The van der Waals surface area contributed by atoms with Crippen molar-refractivity contribution in [2.45, 2.75) is 0 Å². The predicted octanol–water partition coefficient (Wildman–Crippen LogP) is 0.531. The molecule has 2 aromatic rings. The van der Waals surface area contributed by atoms with Crippen molar-refractivity contribution in [2.75, 3.05) is 0 Å². The maximum Gasteiger partial charge on any atom is 0.390 e. The molecule has 8 nitrogen and oxygen atoms in total. The van der Waals surface area contributed by atoms with Crippen LogP contribution < -0.4 is 0 Å². The van der Waals surface area contributed by atoms with Gasteiger partial charge in [0.1, 0.15) is 5.69 Å². The van der Waals surface area contributed by atoms with Crippen LogP contribution in [0.2, 0.25) is 0 Å². The summed E-state index contributed by atoms with van der Waals surface area (Å²) in [6, 6.07) is 1.28. The smallest absolute Gasteiger partial charge is 0.358 e. The first-order valence-electron chi connectivity index (χ1n) is 4.31. The lowest BCUT2D eigenvalue weighted by Crippen LogP contribution is -1.96. The van der Waals surface area contributed by atoms with E-state index >= 15 is 0 Å². The third-order valence-electron chi connectivity index (χ3n) is 2.11. The molecular weight excluding hydrogens is 214 g/mol. The zero-order chi connectivity index (χ0) is 11.7. The molecule has 0 saturated heterocycles. The molecule has 0 aliphatic rings. The highest BCUT2D eigenvalue weighted by molar-refractivity contribution is 5.84. The number of nitrogens with one attached hydrogen (secondary N) is 1. The molecule has 0 atom stereocenters. The fourth-order valence-electron chi connectivity index (χ4n) is 1.37. The van der Waals surface area contributed by atoms with E-state index in [1.54, 1.807) is 7.05 Å². The summed E-state index contributed by atoms with van der Waals surface area (Å²) in [5, 5.41) is 20.5. The molecule has 8 heteroatoms. The molecule has 0 aromatic carbocycles. The molecule has 2 rings (SSSR count). The summed E-state index contributed by atoms with van der Waals surface area (Å²) in [6.45, 7) is 0. The van der Waals surface area contributed by atoms with Crippen LogP contribution in [0.4, 0.5) is 5.82 Å². The van der Waals surface area contributed by atoms with Gasteiger partial charge >= 0.3 is 5.82 Å². The van der Waals surface area contributed by atoms with Crippen molar-refractivity contribution in [1.29, 1.82) is 0 Å². The molecule has 2 heterocycles. The molecule has 82 valence electrons. The largest absolute Gasteiger partial charge is 0.390 e. The minimum atomic E-state index is -0.597. The Morgan fingerprint density at radius 1 is 1.62 bits per heavy atom. The van der Waals surface area contributed by atoms with E-state index in [4.69, 9.17) is 0 Å². The van der Waals surface area contributed by atoms with Crippen molar-refractivity contribution in [1.82, 2.24) is 20.0 Å². The van der Waals surface area contributed by atoms with Crippen molar-refractivity contribution in [3.05, 3.63) is 27.9 Å². The van der Waals surface area contributed by atoms with Gasteiger partial charge < -0.3 is 10.1 Å². The number of aromatic nitrogens is 4. The molecule has 0 bridgehead atoms. The SMILES string of the molecule is Cn1nc([N+](=O)[O-])cc1-c1[nH]ncc1C=O. The number of aryl methyl sites for hydroxylation is 1. The number of nitrogens with zero attached hydrogens (tertiary/aromatic N) is 4. The average Bonchev–Trinajstić information content (AvgIpc) is 2.82. The van der Waals surface area contributed by atoms with Crippen molar-refractivity contribution < 1.29 is 9.72 Å². The van der Waals surface area contributed by atoms with E-state index in [-0.39, 0.29) is 5.82 Å². The van der Waals surface area contributed by atoms with Gasteiger partial charge in [-0.2, -0.15) is 9.78 Å². The Hall–Kier alpha value is -2.51. The zero-order valence-electron chi connectivity index (χ0n) is 8.25. The second-order valence-electron chi connectivity index (χ2n) is 3.09. The highest BCUT2D eigenvalue weighted by atomic mass is 16.6. The molecule has 0 amide bonds. The Morgan fingerprint density at radius 2 is 2.38 bits per heavy atom. The lowest BCUT2D eigenvalue weighted by atomic mass is 10.2. The maximum absolute atomic E-state index is 10.7. The summed E-state index contributed by atoms with van der Waals surface area (Å²) >= 11 is 0. The van der Waals surface area contributed by atoms with Gasteiger partial charge in [0.15, 0.2) is 6.29 Å². The topological polar surface area (TPSA) is 107 Å². The molecule has 1 N–H and O–H groups in total. The van der Waals surface area contributed by atoms with Crippen LogP contribution in [0.3, 0.4) is 0 Å². The standard InChI is InChI=1S/C8H7N5O3/c1-12-6(2-7(11-12)13(15)16)8-5(4-14)3-9-10-8/h2-4H,1H3,(H,9,10). The number of carbonyl (C=O) groups is 1. The van der Waals surface area contributed by atoms with Gasteiger partial charge in [0.25, 0.3) is 0 Å². The lowest BCUT2D eigenvalue weighted by Gasteiger charge is -1.94. The van der Waals surface area contributed by atoms with Crippen LogP contribution in [0.25, 0.3) is 11.4 Å². The number of carbonyl (C=O) groups excluding carboxylic acids is 1. The van der Waals surface area contributed by atoms with Gasteiger partial charge in [0.05, 0.1) is 35.7 Å². The summed E-state index contributed by atoms with van der Waals surface area (Å²) in [6.07, 6.45) is 1.97. The number of rotatable bonds is 3. The highest BCUT2D eigenvalue weighted by Gasteiger charge is 2.19. The van der Waals surface area contributed by atoms with Gasteiger partial charge in [0, 0.05) is 0 Å². The number of hydrogen-bond acceptors (Lipinski definition) is 5. The summed E-state index contributed by atoms with van der Waals surface area (Å²) in [4.78, 5) is 20.6. The fraction of sp³-hybridized carbons (Fsp3) is 0.125. The first-order chi connectivity index (χ1) is 7.63. The Labute approximate surface area is 89.0 Å². The van der Waals surface area contributed by atoms with Crippen LogP contribution >= 0.6 is 0 Å². The summed E-state index contributed by atoms with van der Waals surface area (Å²) in [7, 11) is 1.55. The Morgan fingerprint density at radius 3 is 2.94 bits per heavy atom. The van der Waals surface area contributed by atoms with Crippen LogP contribution in [0.5, 0.6) is 0 Å². The minimum Gasteiger partial charge on any atom is -0.358 e. The molecule has 0 radical (unpaired) electrons. The number of hydrogen-bond donors (Lipinski definition) is 1. The number of H-pyrrole nitrogens is 1. The molecule has 0 aliphatic heterocycles. The van der Waals surface area contributed by atoms with Crippen LogP contribution in [-0.4, -0.2) is 31.2 Å². The maximum atomic E-state index is 10.7. The molecule has 0 saturated carbocycles. The van der Waals surface area contributed by atoms with E-state index in [0.717, 1.165) is 0 Å². The van der Waals surface area contributed by atoms with Crippen molar-refractivity contribution >= 4 is 12.1 Å². The van der Waals surface area contributed by atoms with Crippen molar-refractivity contribution in [2.24, 2.45) is 7.05 Å². The van der Waals surface area contributed by atoms with Gasteiger partial charge in [0.2, 0.25) is 0 Å². The summed E-state index contributed by atoms with van der Waals surface area (Å²) in [5.41, 5.74) is 1.18. The first-order valence-corrected chi connectivity index (χ1v) is 4.31. The Balaban J connectivity index is 2.56. The minimum absolute atomic E-state index is 0.274. The van der Waals surface area contributed by atoms with Crippen molar-refractivity contribution in [3.8, 4) is 11.4 Å². The normalized spacial score (nSPS) is 10.3. The van der Waals surface area contributed by atoms with Crippen LogP contribution in [-0.2, 0) is 7.05 Å². The fourth-order valence-corrected chi connectivity index (χ4v) is 1.37. The van der Waals surface area contributed by atoms with Gasteiger partial charge in [-0.25, -0.2) is 0 Å². The second kappa shape index (κ2) is 3.57. The van der Waals surface area contributed by atoms with Gasteiger partial charge in [-0.15, -0.1) is 0 Å². The second-order valence-corrected chi connectivity index (χ2v) is 3.09. The van der Waals surface area contributed by atoms with E-state index in [9.17, 15) is 14.9 Å². The van der Waals surface area contributed by atoms with E-state index in [2.05, 4.69) is 15.3 Å². The molecular formula is C8H7N5O3. The number of nitro groups is 1. The van der Waals surface area contributed by atoms with E-state index in [1.807, 2.05) is 0 Å². The quantitative estimate of drug-likeness (QED) is 0.462. The molecule has 16 heavy (non-hydrogen) atoms. The van der Waals surface area contributed by atoms with Gasteiger partial charge in [-0.1, -0.05) is 0 Å². The molecule has 0 unspecified atom stereocenters. The van der Waals surface area contributed by atoms with Crippen LogP contribution in [0.1, 0.15) is 10.4 Å². The average molecular weight is 221 g/mol. The lowest BCUT2D eigenvalue weighted by molar-refractivity contribution is -0.389.